The summed E-state index contributed by atoms with van der Waals surface area (Å²) in [5, 5.41) is 2.26. The molecule has 7 heteroatoms. The number of rotatable bonds is 5. The average Bonchev–Trinajstić information content (AvgIpc) is 2.91. The van der Waals surface area contributed by atoms with Gasteiger partial charge in [0.15, 0.2) is 0 Å². The van der Waals surface area contributed by atoms with Crippen LogP contribution in [-0.2, 0) is 20.4 Å². The smallest absolute Gasteiger partial charge is 0.277 e. The molecule has 0 aromatic heterocycles. The minimum atomic E-state index is -1.04. The monoisotopic (exact) mass is 300 g/mol. The summed E-state index contributed by atoms with van der Waals surface area (Å²) < 4.78 is 11.4. The van der Waals surface area contributed by atoms with Crippen LogP contribution in [0.5, 0.6) is 0 Å². The number of carbonyl (C=O) groups is 3. The van der Waals surface area contributed by atoms with E-state index in [0.29, 0.717) is 5.75 Å². The predicted octanol–water partition coefficient (Wildman–Crippen LogP) is 0.640. The molecule has 0 radical (unpaired) electrons. The van der Waals surface area contributed by atoms with Crippen LogP contribution in [0.3, 0.4) is 0 Å². The SMILES string of the molecule is CCS(=O)CCN1C(=O)NC(=O)C(C2CCCC2)C1=O. The maximum absolute atomic E-state index is 12.4. The molecular weight excluding hydrogens is 280 g/mol. The molecule has 4 amide bonds. The Hall–Kier alpha value is -1.24. The summed E-state index contributed by atoms with van der Waals surface area (Å²) in [4.78, 5) is 37.1. The zero-order valence-electron chi connectivity index (χ0n) is 11.6. The Balaban J connectivity index is 2.07. The highest BCUT2D eigenvalue weighted by atomic mass is 32.2. The Kier molecular flexibility index (Phi) is 4.91. The predicted molar refractivity (Wildman–Crippen MR) is 74.3 cm³/mol. The van der Waals surface area contributed by atoms with Gasteiger partial charge >= 0.3 is 6.03 Å². The van der Waals surface area contributed by atoms with E-state index in [1.54, 1.807) is 6.92 Å². The van der Waals surface area contributed by atoms with Gasteiger partial charge in [0, 0.05) is 28.9 Å². The van der Waals surface area contributed by atoms with E-state index in [1.807, 2.05) is 0 Å². The first-order chi connectivity index (χ1) is 9.54. The van der Waals surface area contributed by atoms with E-state index in [0.717, 1.165) is 30.6 Å². The molecular formula is C13H20N2O4S. The van der Waals surface area contributed by atoms with Crippen molar-refractivity contribution in [3.8, 4) is 0 Å². The molecule has 0 aromatic carbocycles. The highest BCUT2D eigenvalue weighted by molar-refractivity contribution is 7.84. The zero-order valence-corrected chi connectivity index (χ0v) is 12.4. The van der Waals surface area contributed by atoms with Gasteiger partial charge < -0.3 is 0 Å². The molecule has 2 rings (SSSR count). The minimum absolute atomic E-state index is 0.0368. The number of imide groups is 2. The second-order valence-corrected chi connectivity index (χ2v) is 7.10. The van der Waals surface area contributed by atoms with Crippen LogP contribution >= 0.6 is 0 Å². The first-order valence-electron chi connectivity index (χ1n) is 7.05. The topological polar surface area (TPSA) is 83.6 Å². The van der Waals surface area contributed by atoms with E-state index >= 15 is 0 Å². The Labute approximate surface area is 120 Å². The molecule has 2 aliphatic rings. The van der Waals surface area contributed by atoms with Crippen molar-refractivity contribution in [2.45, 2.75) is 32.6 Å². The summed E-state index contributed by atoms with van der Waals surface area (Å²) >= 11 is 0. The minimum Gasteiger partial charge on any atom is -0.277 e. The third-order valence-electron chi connectivity index (χ3n) is 4.03. The van der Waals surface area contributed by atoms with Crippen LogP contribution in [0.2, 0.25) is 0 Å². The van der Waals surface area contributed by atoms with Gasteiger partial charge in [-0.05, 0) is 18.8 Å². The van der Waals surface area contributed by atoms with E-state index < -0.39 is 34.6 Å². The van der Waals surface area contributed by atoms with E-state index in [9.17, 15) is 18.6 Å². The number of carbonyl (C=O) groups excluding carboxylic acids is 3. The van der Waals surface area contributed by atoms with Gasteiger partial charge in [-0.15, -0.1) is 0 Å². The van der Waals surface area contributed by atoms with E-state index in [-0.39, 0.29) is 18.2 Å². The summed E-state index contributed by atoms with van der Waals surface area (Å²) in [5.74, 6) is -0.839. The van der Waals surface area contributed by atoms with Gasteiger partial charge in [-0.2, -0.15) is 0 Å². The molecule has 1 saturated heterocycles. The van der Waals surface area contributed by atoms with Crippen LogP contribution in [0.1, 0.15) is 32.6 Å². The normalized spacial score (nSPS) is 25.9. The van der Waals surface area contributed by atoms with Crippen LogP contribution in [0.15, 0.2) is 0 Å². The van der Waals surface area contributed by atoms with E-state index in [1.165, 1.54) is 0 Å². The number of amides is 4. The maximum Gasteiger partial charge on any atom is 0.330 e. The Morgan fingerprint density at radius 2 is 1.90 bits per heavy atom. The summed E-state index contributed by atoms with van der Waals surface area (Å²) in [6.07, 6.45) is 3.75. The lowest BCUT2D eigenvalue weighted by atomic mass is 9.87. The number of urea groups is 1. The van der Waals surface area contributed by atoms with Crippen molar-refractivity contribution in [3.05, 3.63) is 0 Å². The van der Waals surface area contributed by atoms with Crippen molar-refractivity contribution in [1.82, 2.24) is 10.2 Å². The number of hydrogen-bond acceptors (Lipinski definition) is 4. The zero-order chi connectivity index (χ0) is 14.7. The largest absolute Gasteiger partial charge is 0.330 e. The molecule has 0 spiro atoms. The molecule has 0 aromatic rings. The first kappa shape index (κ1) is 15.2. The van der Waals surface area contributed by atoms with Crippen molar-refractivity contribution in [2.24, 2.45) is 11.8 Å². The Morgan fingerprint density at radius 1 is 1.25 bits per heavy atom. The lowest BCUT2D eigenvalue weighted by molar-refractivity contribution is -0.144. The first-order valence-corrected chi connectivity index (χ1v) is 8.54. The van der Waals surface area contributed by atoms with Crippen molar-refractivity contribution in [2.75, 3.05) is 18.1 Å². The molecule has 2 unspecified atom stereocenters. The molecule has 1 aliphatic carbocycles. The van der Waals surface area contributed by atoms with Crippen LogP contribution in [0.25, 0.3) is 0 Å². The lowest BCUT2D eigenvalue weighted by Gasteiger charge is -2.32. The van der Waals surface area contributed by atoms with Gasteiger partial charge in [0.1, 0.15) is 5.92 Å². The molecule has 2 atom stereocenters. The highest BCUT2D eigenvalue weighted by Gasteiger charge is 2.45. The number of hydrogen-bond donors (Lipinski definition) is 1. The third kappa shape index (κ3) is 3.08. The van der Waals surface area contributed by atoms with E-state index in [4.69, 9.17) is 0 Å². The summed E-state index contributed by atoms with van der Waals surface area (Å²) in [5.41, 5.74) is 0. The third-order valence-corrected chi connectivity index (χ3v) is 5.31. The van der Waals surface area contributed by atoms with Crippen molar-refractivity contribution in [3.63, 3.8) is 0 Å². The highest BCUT2D eigenvalue weighted by Crippen LogP contribution is 2.33. The fraction of sp³-hybridized carbons (Fsp3) is 0.769. The van der Waals surface area contributed by atoms with Gasteiger partial charge in [0.2, 0.25) is 11.8 Å². The summed E-state index contributed by atoms with van der Waals surface area (Å²) in [7, 11) is -1.04. The van der Waals surface area contributed by atoms with Gasteiger partial charge in [-0.25, -0.2) is 4.79 Å². The molecule has 1 N–H and O–H groups in total. The van der Waals surface area contributed by atoms with Gasteiger partial charge in [0.25, 0.3) is 0 Å². The van der Waals surface area contributed by atoms with E-state index in [2.05, 4.69) is 5.32 Å². The number of nitrogens with one attached hydrogen (secondary N) is 1. The summed E-state index contributed by atoms with van der Waals surface area (Å²) in [6, 6.07) is -0.678. The maximum atomic E-state index is 12.4. The van der Waals surface area contributed by atoms with Gasteiger partial charge in [-0.1, -0.05) is 19.8 Å². The Morgan fingerprint density at radius 3 is 2.50 bits per heavy atom. The van der Waals surface area contributed by atoms with Crippen molar-refractivity contribution < 1.29 is 18.6 Å². The number of nitrogens with zero attached hydrogens (tertiary/aromatic N) is 1. The summed E-state index contributed by atoms with van der Waals surface area (Å²) in [6.45, 7) is 1.90. The molecule has 1 aliphatic heterocycles. The van der Waals surface area contributed by atoms with Crippen molar-refractivity contribution >= 4 is 28.6 Å². The molecule has 1 saturated carbocycles. The van der Waals surface area contributed by atoms with Crippen LogP contribution in [0, 0.1) is 11.8 Å². The Bertz CT molecular complexity index is 446. The molecule has 1 heterocycles. The quantitative estimate of drug-likeness (QED) is 0.755. The second-order valence-electron chi connectivity index (χ2n) is 5.24. The van der Waals surface area contributed by atoms with Crippen molar-refractivity contribution in [1.29, 1.82) is 0 Å². The number of barbiturate groups is 1. The van der Waals surface area contributed by atoms with Crippen LogP contribution in [-0.4, -0.2) is 45.0 Å². The molecule has 2 fully saturated rings. The van der Waals surface area contributed by atoms with Gasteiger partial charge in [0.05, 0.1) is 0 Å². The van der Waals surface area contributed by atoms with Crippen LogP contribution < -0.4 is 5.32 Å². The molecule has 6 nitrogen and oxygen atoms in total. The fourth-order valence-electron chi connectivity index (χ4n) is 2.89. The second kappa shape index (κ2) is 6.47. The fourth-order valence-corrected chi connectivity index (χ4v) is 3.56. The van der Waals surface area contributed by atoms with Gasteiger partial charge in [-0.3, -0.25) is 24.0 Å². The van der Waals surface area contributed by atoms with Crippen LogP contribution in [0.4, 0.5) is 4.79 Å². The molecule has 20 heavy (non-hydrogen) atoms. The standard InChI is InChI=1S/C13H20N2O4S/c1-2-20(19)8-7-15-12(17)10(9-5-3-4-6-9)11(16)14-13(15)18/h9-10H,2-8H2,1H3,(H,14,16,18). The molecule has 112 valence electrons. The lowest BCUT2D eigenvalue weighted by Crippen LogP contribution is -2.60. The average molecular weight is 300 g/mol. The molecule has 0 bridgehead atoms.